The number of benzene rings is 1. The molecule has 1 saturated heterocycles. The van der Waals surface area contributed by atoms with Crippen LogP contribution in [0.4, 0.5) is 0 Å². The largest absolute Gasteiger partial charge is 0.497 e. The maximum Gasteiger partial charge on any atom is 0.492 e. The zero-order chi connectivity index (χ0) is 15.7. The Bertz CT molecular complexity index is 521. The molecule has 0 atom stereocenters. The molecule has 5 heteroatoms. The number of ether oxygens (including phenoxy) is 1. The molecule has 0 bridgehead atoms. The molecule has 0 unspecified atom stereocenters. The van der Waals surface area contributed by atoms with Gasteiger partial charge < -0.3 is 19.2 Å². The van der Waals surface area contributed by atoms with Gasteiger partial charge in [-0.2, -0.15) is 0 Å². The fraction of sp³-hybridized carbons (Fsp3) is 0.500. The fourth-order valence-corrected chi connectivity index (χ4v) is 2.13. The summed E-state index contributed by atoms with van der Waals surface area (Å²) in [6.45, 7) is 7.86. The topological polar surface area (TPSA) is 47.9 Å². The molecule has 0 aliphatic carbocycles. The molecule has 1 heterocycles. The van der Waals surface area contributed by atoms with Gasteiger partial charge in [-0.15, -0.1) is 0 Å². The summed E-state index contributed by atoms with van der Waals surface area (Å²) in [6, 6.07) is 7.64. The first-order valence-corrected chi connectivity index (χ1v) is 7.10. The lowest BCUT2D eigenvalue weighted by atomic mass is 9.77. The molecule has 1 aromatic rings. The van der Waals surface area contributed by atoms with Crippen LogP contribution >= 0.6 is 0 Å². The van der Waals surface area contributed by atoms with Gasteiger partial charge >= 0.3 is 7.12 Å². The highest BCUT2D eigenvalue weighted by Crippen LogP contribution is 2.38. The standard InChI is InChI=1S/C16H23BO4/c1-15(2)16(3,4)21-17(20-15)13(11-18)9-12-7-6-8-14(10-12)19-5/h6-10,18H,11H2,1-5H3. The van der Waals surface area contributed by atoms with E-state index in [2.05, 4.69) is 0 Å². The number of aliphatic hydroxyl groups is 1. The second kappa shape index (κ2) is 5.83. The molecule has 4 nitrogen and oxygen atoms in total. The molecule has 21 heavy (non-hydrogen) atoms. The molecule has 0 spiro atoms. The number of aliphatic hydroxyl groups excluding tert-OH is 1. The zero-order valence-electron chi connectivity index (χ0n) is 13.3. The summed E-state index contributed by atoms with van der Waals surface area (Å²) >= 11 is 0. The number of hydrogen-bond donors (Lipinski definition) is 1. The number of hydrogen-bond acceptors (Lipinski definition) is 4. The van der Waals surface area contributed by atoms with E-state index in [9.17, 15) is 5.11 Å². The molecule has 0 radical (unpaired) electrons. The Morgan fingerprint density at radius 1 is 1.24 bits per heavy atom. The summed E-state index contributed by atoms with van der Waals surface area (Å²) in [7, 11) is 1.09. The van der Waals surface area contributed by atoms with E-state index in [1.807, 2.05) is 58.0 Å². The van der Waals surface area contributed by atoms with Crippen LogP contribution in [-0.2, 0) is 9.31 Å². The predicted molar refractivity (Wildman–Crippen MR) is 84.1 cm³/mol. The van der Waals surface area contributed by atoms with E-state index in [0.717, 1.165) is 11.3 Å². The minimum atomic E-state index is -0.536. The summed E-state index contributed by atoms with van der Waals surface area (Å²) in [4.78, 5) is 0. The van der Waals surface area contributed by atoms with E-state index in [0.29, 0.717) is 5.47 Å². The average Bonchev–Trinajstić information content (AvgIpc) is 2.65. The first-order chi connectivity index (χ1) is 9.79. The van der Waals surface area contributed by atoms with Crippen molar-refractivity contribution in [1.29, 1.82) is 0 Å². The van der Waals surface area contributed by atoms with E-state index in [1.165, 1.54) is 0 Å². The SMILES string of the molecule is COc1cccc(C=C(CO)B2OC(C)(C)C(C)(C)O2)c1. The van der Waals surface area contributed by atoms with Crippen LogP contribution in [0.3, 0.4) is 0 Å². The molecule has 1 aliphatic rings. The molecule has 1 fully saturated rings. The smallest absolute Gasteiger partial charge is 0.492 e. The van der Waals surface area contributed by atoms with Crippen LogP contribution in [0.2, 0.25) is 0 Å². The third kappa shape index (κ3) is 3.31. The van der Waals surface area contributed by atoms with Crippen molar-refractivity contribution in [3.63, 3.8) is 0 Å². The van der Waals surface area contributed by atoms with Gasteiger partial charge in [-0.3, -0.25) is 0 Å². The Hall–Kier alpha value is -1.30. The highest BCUT2D eigenvalue weighted by Gasteiger charge is 2.52. The molecule has 1 aliphatic heterocycles. The fourth-order valence-electron chi connectivity index (χ4n) is 2.13. The van der Waals surface area contributed by atoms with Crippen molar-refractivity contribution >= 4 is 13.2 Å². The van der Waals surface area contributed by atoms with Crippen LogP contribution in [0.5, 0.6) is 5.75 Å². The lowest BCUT2D eigenvalue weighted by Crippen LogP contribution is -2.41. The summed E-state index contributed by atoms with van der Waals surface area (Å²) < 4.78 is 17.1. The van der Waals surface area contributed by atoms with Crippen molar-refractivity contribution in [2.75, 3.05) is 13.7 Å². The van der Waals surface area contributed by atoms with Crippen molar-refractivity contribution in [2.24, 2.45) is 0 Å². The lowest BCUT2D eigenvalue weighted by Gasteiger charge is -2.32. The van der Waals surface area contributed by atoms with Crippen LogP contribution in [-0.4, -0.2) is 37.1 Å². The molecule has 0 saturated carbocycles. The predicted octanol–water partition coefficient (Wildman–Crippen LogP) is 2.70. The zero-order valence-corrected chi connectivity index (χ0v) is 13.3. The van der Waals surface area contributed by atoms with Gasteiger partial charge in [0.2, 0.25) is 0 Å². The summed E-state index contributed by atoms with van der Waals surface area (Å²) in [5, 5.41) is 9.66. The third-order valence-corrected chi connectivity index (χ3v) is 4.18. The highest BCUT2D eigenvalue weighted by molar-refractivity contribution is 6.55. The molecule has 2 rings (SSSR count). The molecule has 0 aromatic heterocycles. The number of rotatable bonds is 4. The Morgan fingerprint density at radius 2 is 1.86 bits per heavy atom. The van der Waals surface area contributed by atoms with E-state index >= 15 is 0 Å². The third-order valence-electron chi connectivity index (χ3n) is 4.18. The molecule has 1 N–H and O–H groups in total. The minimum absolute atomic E-state index is 0.117. The van der Waals surface area contributed by atoms with E-state index in [4.69, 9.17) is 14.0 Å². The second-order valence-corrected chi connectivity index (χ2v) is 6.24. The molecule has 0 amide bonds. The number of methoxy groups -OCH3 is 1. The molecule has 1 aromatic carbocycles. The molecular formula is C16H23BO4. The summed E-state index contributed by atoms with van der Waals surface area (Å²) in [5.41, 5.74) is 0.802. The molecule has 114 valence electrons. The Morgan fingerprint density at radius 3 is 2.38 bits per heavy atom. The van der Waals surface area contributed by atoms with Gasteiger partial charge in [0.15, 0.2) is 0 Å². The van der Waals surface area contributed by atoms with Crippen molar-refractivity contribution in [2.45, 2.75) is 38.9 Å². The second-order valence-electron chi connectivity index (χ2n) is 6.24. The normalized spacial score (nSPS) is 20.7. The first-order valence-electron chi connectivity index (χ1n) is 7.10. The van der Waals surface area contributed by atoms with Crippen LogP contribution < -0.4 is 4.74 Å². The average molecular weight is 290 g/mol. The van der Waals surface area contributed by atoms with E-state index in [-0.39, 0.29) is 6.61 Å². The van der Waals surface area contributed by atoms with Gasteiger partial charge in [0.05, 0.1) is 24.9 Å². The van der Waals surface area contributed by atoms with Crippen molar-refractivity contribution in [3.8, 4) is 5.75 Å². The van der Waals surface area contributed by atoms with Gasteiger partial charge in [0, 0.05) is 0 Å². The van der Waals surface area contributed by atoms with Gasteiger partial charge in [-0.25, -0.2) is 0 Å². The van der Waals surface area contributed by atoms with Crippen LogP contribution in [0, 0.1) is 0 Å². The maximum atomic E-state index is 9.66. The van der Waals surface area contributed by atoms with Crippen LogP contribution in [0.1, 0.15) is 33.3 Å². The van der Waals surface area contributed by atoms with Crippen molar-refractivity contribution in [1.82, 2.24) is 0 Å². The Balaban J connectivity index is 2.26. The quantitative estimate of drug-likeness (QED) is 0.866. The molecular weight excluding hydrogens is 267 g/mol. The summed E-state index contributed by atoms with van der Waals surface area (Å²) in [5.74, 6) is 0.773. The minimum Gasteiger partial charge on any atom is -0.497 e. The van der Waals surface area contributed by atoms with Crippen LogP contribution in [0.15, 0.2) is 29.7 Å². The van der Waals surface area contributed by atoms with Crippen LogP contribution in [0.25, 0.3) is 6.08 Å². The van der Waals surface area contributed by atoms with Gasteiger partial charge in [-0.05, 0) is 50.9 Å². The van der Waals surface area contributed by atoms with E-state index < -0.39 is 18.3 Å². The van der Waals surface area contributed by atoms with Gasteiger partial charge in [-0.1, -0.05) is 18.2 Å². The van der Waals surface area contributed by atoms with Gasteiger partial charge in [0.1, 0.15) is 5.75 Å². The summed E-state index contributed by atoms with van der Waals surface area (Å²) in [6.07, 6.45) is 1.88. The maximum absolute atomic E-state index is 9.66. The monoisotopic (exact) mass is 290 g/mol. The van der Waals surface area contributed by atoms with Crippen molar-refractivity contribution < 1.29 is 19.2 Å². The Kier molecular flexibility index (Phi) is 4.47. The Labute approximate surface area is 126 Å². The van der Waals surface area contributed by atoms with Crippen molar-refractivity contribution in [3.05, 3.63) is 35.3 Å². The van der Waals surface area contributed by atoms with E-state index in [1.54, 1.807) is 7.11 Å². The lowest BCUT2D eigenvalue weighted by molar-refractivity contribution is 0.00578. The van der Waals surface area contributed by atoms with Gasteiger partial charge in [0.25, 0.3) is 0 Å². The highest BCUT2D eigenvalue weighted by atomic mass is 16.7. The first kappa shape index (κ1) is 16.1.